The summed E-state index contributed by atoms with van der Waals surface area (Å²) in [5, 5.41) is 2.90. The van der Waals surface area contributed by atoms with E-state index in [1.54, 1.807) is 0 Å². The number of nitrogens with zero attached hydrogens (tertiary/aromatic N) is 1. The zero-order valence-electron chi connectivity index (χ0n) is 15.4. The Hall–Kier alpha value is -1.75. The molecule has 4 nitrogen and oxygen atoms in total. The summed E-state index contributed by atoms with van der Waals surface area (Å²) in [6, 6.07) is 17.3. The normalized spacial score (nSPS) is 10.9. The zero-order valence-corrected chi connectivity index (χ0v) is 17.0. The minimum atomic E-state index is -0.199. The summed E-state index contributed by atoms with van der Waals surface area (Å²) in [4.78, 5) is 14.5. The van der Waals surface area contributed by atoms with Gasteiger partial charge in [0.25, 0.3) is 5.91 Å². The second kappa shape index (κ2) is 12.6. The molecule has 0 fully saturated rings. The summed E-state index contributed by atoms with van der Waals surface area (Å²) in [5.41, 5.74) is 8.91. The van der Waals surface area contributed by atoms with Gasteiger partial charge in [-0.25, -0.2) is 0 Å². The van der Waals surface area contributed by atoms with Crippen molar-refractivity contribution in [3.8, 4) is 0 Å². The number of carbonyl (C=O) groups excluding carboxylic acids is 1. The van der Waals surface area contributed by atoms with Crippen LogP contribution in [0.1, 0.15) is 41.7 Å². The molecule has 0 radical (unpaired) electrons. The van der Waals surface area contributed by atoms with Crippen molar-refractivity contribution in [1.29, 1.82) is 0 Å². The maximum atomic E-state index is 12.3. The molecular weight excluding hydrogens is 369 g/mol. The van der Waals surface area contributed by atoms with E-state index in [9.17, 15) is 4.79 Å². The Morgan fingerprint density at radius 1 is 1.08 bits per heavy atom. The van der Waals surface area contributed by atoms with Crippen LogP contribution in [0.3, 0.4) is 0 Å². The van der Waals surface area contributed by atoms with Crippen LogP contribution in [0.5, 0.6) is 0 Å². The molecule has 0 spiro atoms. The zero-order chi connectivity index (χ0) is 17.4. The minimum Gasteiger partial charge on any atom is -0.375 e. The number of carbonyl (C=O) groups is 1. The number of amides is 1. The van der Waals surface area contributed by atoms with E-state index in [2.05, 4.69) is 24.2 Å². The number of hydrogen-bond donors (Lipinski definition) is 2. The monoisotopic (exact) mass is 397 g/mol. The quantitative estimate of drug-likeness (QED) is 0.701. The van der Waals surface area contributed by atoms with E-state index >= 15 is 0 Å². The fourth-order valence-corrected chi connectivity index (χ4v) is 2.51. The Morgan fingerprint density at radius 3 is 2.27 bits per heavy atom. The van der Waals surface area contributed by atoms with E-state index < -0.39 is 0 Å². The predicted molar refractivity (Wildman–Crippen MR) is 115 cm³/mol. The minimum absolute atomic E-state index is 0. The number of rotatable bonds is 8. The molecule has 0 aliphatic rings. The number of nitrogens with one attached hydrogen (secondary N) is 1. The number of unbranched alkanes of at least 4 members (excludes halogenated alkanes) is 1. The molecule has 6 heteroatoms. The van der Waals surface area contributed by atoms with E-state index in [0.29, 0.717) is 12.1 Å². The van der Waals surface area contributed by atoms with E-state index in [0.717, 1.165) is 24.2 Å². The van der Waals surface area contributed by atoms with Crippen molar-refractivity contribution in [2.75, 3.05) is 25.0 Å². The van der Waals surface area contributed by atoms with Crippen LogP contribution >= 0.6 is 24.8 Å². The third kappa shape index (κ3) is 7.24. The average Bonchev–Trinajstić information content (AvgIpc) is 2.64. The lowest BCUT2D eigenvalue weighted by atomic mass is 10.1. The average molecular weight is 398 g/mol. The lowest BCUT2D eigenvalue weighted by Crippen LogP contribution is -2.31. The Bertz CT molecular complexity index is 635. The van der Waals surface area contributed by atoms with Crippen molar-refractivity contribution in [2.24, 2.45) is 5.73 Å². The molecule has 3 N–H and O–H groups in total. The van der Waals surface area contributed by atoms with Crippen LogP contribution in [-0.4, -0.2) is 26.0 Å². The van der Waals surface area contributed by atoms with Gasteiger partial charge in [0.05, 0.1) is 0 Å². The molecule has 1 unspecified atom stereocenters. The van der Waals surface area contributed by atoms with E-state index in [1.165, 1.54) is 6.42 Å². The number of anilines is 1. The molecule has 144 valence electrons. The van der Waals surface area contributed by atoms with Crippen LogP contribution in [0.25, 0.3) is 0 Å². The van der Waals surface area contributed by atoms with Crippen molar-refractivity contribution in [3.63, 3.8) is 0 Å². The van der Waals surface area contributed by atoms with Crippen molar-refractivity contribution in [2.45, 2.75) is 25.8 Å². The van der Waals surface area contributed by atoms with E-state index in [4.69, 9.17) is 5.73 Å². The molecule has 0 heterocycles. The lowest BCUT2D eigenvalue weighted by molar-refractivity contribution is 0.0951. The fourth-order valence-electron chi connectivity index (χ4n) is 2.51. The molecule has 2 aromatic carbocycles. The first-order valence-corrected chi connectivity index (χ1v) is 8.51. The van der Waals surface area contributed by atoms with Crippen LogP contribution in [0.15, 0.2) is 54.6 Å². The van der Waals surface area contributed by atoms with Gasteiger partial charge in [0.1, 0.15) is 0 Å². The van der Waals surface area contributed by atoms with E-state index in [1.807, 2.05) is 54.6 Å². The lowest BCUT2D eigenvalue weighted by Gasteiger charge is -2.19. The van der Waals surface area contributed by atoms with Gasteiger partial charge in [-0.1, -0.05) is 43.7 Å². The van der Waals surface area contributed by atoms with Crippen LogP contribution in [0, 0.1) is 0 Å². The largest absolute Gasteiger partial charge is 0.375 e. The molecule has 1 amide bonds. The third-order valence-corrected chi connectivity index (χ3v) is 4.13. The topological polar surface area (TPSA) is 58.4 Å². The van der Waals surface area contributed by atoms with Crippen molar-refractivity contribution >= 4 is 36.4 Å². The highest BCUT2D eigenvalue weighted by molar-refractivity contribution is 5.94. The smallest absolute Gasteiger partial charge is 0.251 e. The van der Waals surface area contributed by atoms with Gasteiger partial charge < -0.3 is 16.0 Å². The van der Waals surface area contributed by atoms with Crippen LogP contribution in [0.4, 0.5) is 5.69 Å². The fraction of sp³-hybridized carbons (Fsp3) is 0.350. The highest BCUT2D eigenvalue weighted by Crippen LogP contribution is 2.15. The summed E-state index contributed by atoms with van der Waals surface area (Å²) >= 11 is 0. The Morgan fingerprint density at radius 2 is 1.69 bits per heavy atom. The maximum Gasteiger partial charge on any atom is 0.251 e. The first-order valence-electron chi connectivity index (χ1n) is 8.51. The molecule has 0 saturated heterocycles. The van der Waals surface area contributed by atoms with Gasteiger partial charge in [-0.05, 0) is 36.2 Å². The van der Waals surface area contributed by atoms with Crippen LogP contribution in [-0.2, 0) is 0 Å². The predicted octanol–water partition coefficient (Wildman–Crippen LogP) is 4.20. The third-order valence-electron chi connectivity index (χ3n) is 4.13. The standard InChI is InChI=1S/C20H27N3O.2ClH/c1-3-4-14-23(2)18-12-10-17(11-13-18)20(24)22-15-19(21)16-8-6-5-7-9-16;;/h5-13,19H,3-4,14-15,21H2,1-2H3,(H,22,24);2*1H. The molecule has 26 heavy (non-hydrogen) atoms. The van der Waals surface area contributed by atoms with Crippen LogP contribution in [0.2, 0.25) is 0 Å². The molecule has 1 atom stereocenters. The second-order valence-corrected chi connectivity index (χ2v) is 6.05. The molecule has 0 aliphatic carbocycles. The SMILES string of the molecule is CCCCN(C)c1ccc(C(=O)NCC(N)c2ccccc2)cc1.Cl.Cl. The van der Waals surface area contributed by atoms with Crippen molar-refractivity contribution < 1.29 is 4.79 Å². The number of hydrogen-bond acceptors (Lipinski definition) is 3. The highest BCUT2D eigenvalue weighted by Gasteiger charge is 2.10. The van der Waals surface area contributed by atoms with Crippen LogP contribution < -0.4 is 16.0 Å². The maximum absolute atomic E-state index is 12.3. The number of benzene rings is 2. The highest BCUT2D eigenvalue weighted by atomic mass is 35.5. The Balaban J connectivity index is 0.00000312. The second-order valence-electron chi connectivity index (χ2n) is 6.05. The summed E-state index contributed by atoms with van der Waals surface area (Å²) in [6.45, 7) is 3.62. The van der Waals surface area contributed by atoms with Crippen molar-refractivity contribution in [1.82, 2.24) is 5.32 Å². The van der Waals surface area contributed by atoms with Gasteiger partial charge >= 0.3 is 0 Å². The Kier molecular flexibility index (Phi) is 11.7. The molecule has 0 aromatic heterocycles. The summed E-state index contributed by atoms with van der Waals surface area (Å²) in [7, 11) is 2.07. The number of halogens is 2. The van der Waals surface area contributed by atoms with Gasteiger partial charge in [0, 0.05) is 37.4 Å². The van der Waals surface area contributed by atoms with E-state index in [-0.39, 0.29) is 36.8 Å². The summed E-state index contributed by atoms with van der Waals surface area (Å²) < 4.78 is 0. The van der Waals surface area contributed by atoms with Gasteiger partial charge in [0.2, 0.25) is 0 Å². The first-order chi connectivity index (χ1) is 11.6. The molecular formula is C20H29Cl2N3O. The molecule has 0 bridgehead atoms. The van der Waals surface area contributed by atoms with Gasteiger partial charge in [-0.2, -0.15) is 0 Å². The van der Waals surface area contributed by atoms with Gasteiger partial charge in [-0.3, -0.25) is 4.79 Å². The Labute approximate surface area is 169 Å². The summed E-state index contributed by atoms with van der Waals surface area (Å²) in [5.74, 6) is -0.0934. The van der Waals surface area contributed by atoms with Gasteiger partial charge in [0.15, 0.2) is 0 Å². The van der Waals surface area contributed by atoms with Gasteiger partial charge in [-0.15, -0.1) is 24.8 Å². The molecule has 2 rings (SSSR count). The van der Waals surface area contributed by atoms with Crippen molar-refractivity contribution in [3.05, 3.63) is 65.7 Å². The first kappa shape index (κ1) is 24.2. The molecule has 0 saturated carbocycles. The number of nitrogens with two attached hydrogens (primary N) is 1. The molecule has 2 aromatic rings. The molecule has 0 aliphatic heterocycles. The summed E-state index contributed by atoms with van der Waals surface area (Å²) in [6.07, 6.45) is 2.34.